The van der Waals surface area contributed by atoms with Gasteiger partial charge in [-0.1, -0.05) is 0 Å². The molecule has 0 heterocycles. The van der Waals surface area contributed by atoms with Crippen LogP contribution in [0.3, 0.4) is 0 Å². The van der Waals surface area contributed by atoms with E-state index in [1.807, 2.05) is 0 Å². The van der Waals surface area contributed by atoms with Crippen LogP contribution in [0.1, 0.15) is 0 Å². The molecule has 0 aromatic carbocycles. The Labute approximate surface area is 80.1 Å². The van der Waals surface area contributed by atoms with Crippen molar-refractivity contribution in [2.45, 2.75) is 0 Å². The predicted octanol–water partition coefficient (Wildman–Crippen LogP) is -4.42. The molecule has 0 aromatic rings. The quantitative estimate of drug-likeness (QED) is 0.268. The van der Waals surface area contributed by atoms with Crippen molar-refractivity contribution in [2.24, 2.45) is 0 Å². The third-order valence-corrected chi connectivity index (χ3v) is 0.447. The Bertz CT molecular complexity index is 24.8. The van der Waals surface area contributed by atoms with Gasteiger partial charge in [0.15, 0.2) is 0 Å². The maximum atomic E-state index is 9.18. The SMILES string of the molecule is COP([O-])[O-].[K+]. The molecule has 6 heavy (non-hydrogen) atoms. The van der Waals surface area contributed by atoms with Gasteiger partial charge >= 0.3 is 51.4 Å². The zero-order valence-corrected chi connectivity index (χ0v) is 7.69. The van der Waals surface area contributed by atoms with Gasteiger partial charge in [-0.2, -0.15) is 8.60 Å². The number of hydrogen-bond donors (Lipinski definition) is 0. The standard InChI is InChI=1S/CH3O3P.K/c1-4-5(2)3;/h1H3;/q-2;+1. The second-order valence-electron chi connectivity index (χ2n) is 0.406. The fraction of sp³-hybridized carbons (Fsp3) is 1.00. The zero-order chi connectivity index (χ0) is 4.28. The molecule has 0 fully saturated rings. The maximum Gasteiger partial charge on any atom is 1.00 e. The van der Waals surface area contributed by atoms with Crippen LogP contribution in [-0.4, -0.2) is 7.11 Å². The average molecular weight is 133 g/mol. The molecule has 5 heteroatoms. The minimum Gasteiger partial charge on any atom is -0.820 e. The summed E-state index contributed by atoms with van der Waals surface area (Å²) >= 11 is 0. The maximum absolute atomic E-state index is 9.18. The molecule has 0 bridgehead atoms. The second kappa shape index (κ2) is 6.95. The Morgan fingerprint density at radius 1 is 1.50 bits per heavy atom. The van der Waals surface area contributed by atoms with E-state index >= 15 is 0 Å². The van der Waals surface area contributed by atoms with Crippen molar-refractivity contribution >= 4 is 8.60 Å². The summed E-state index contributed by atoms with van der Waals surface area (Å²) in [5.74, 6) is 0. The Morgan fingerprint density at radius 2 is 1.67 bits per heavy atom. The predicted molar refractivity (Wildman–Crippen MR) is 13.9 cm³/mol. The van der Waals surface area contributed by atoms with Gasteiger partial charge in [0.1, 0.15) is 0 Å². The van der Waals surface area contributed by atoms with E-state index in [0.717, 1.165) is 7.11 Å². The van der Waals surface area contributed by atoms with Crippen molar-refractivity contribution in [1.82, 2.24) is 0 Å². The topological polar surface area (TPSA) is 55.3 Å². The van der Waals surface area contributed by atoms with Crippen LogP contribution in [0, 0.1) is 0 Å². The summed E-state index contributed by atoms with van der Waals surface area (Å²) < 4.78 is 3.70. The minimum atomic E-state index is -2.60. The molecule has 0 aromatic heterocycles. The van der Waals surface area contributed by atoms with Gasteiger partial charge in [0.05, 0.1) is 0 Å². The van der Waals surface area contributed by atoms with Crippen LogP contribution in [0.2, 0.25) is 0 Å². The Kier molecular flexibility index (Phi) is 12.6. The first-order valence-corrected chi connectivity index (χ1v) is 2.05. The largest absolute Gasteiger partial charge is 1.00 e. The van der Waals surface area contributed by atoms with Gasteiger partial charge in [0.25, 0.3) is 0 Å². The van der Waals surface area contributed by atoms with E-state index in [9.17, 15) is 9.79 Å². The van der Waals surface area contributed by atoms with Gasteiger partial charge in [-0.3, -0.25) is 0 Å². The van der Waals surface area contributed by atoms with E-state index in [0.29, 0.717) is 0 Å². The van der Waals surface area contributed by atoms with Gasteiger partial charge in [0, 0.05) is 7.11 Å². The van der Waals surface area contributed by atoms with Crippen LogP contribution in [0.25, 0.3) is 0 Å². The summed E-state index contributed by atoms with van der Waals surface area (Å²) in [5.41, 5.74) is 0. The Balaban J connectivity index is 0. The van der Waals surface area contributed by atoms with Crippen molar-refractivity contribution in [3.63, 3.8) is 0 Å². The van der Waals surface area contributed by atoms with Crippen LogP contribution >= 0.6 is 8.60 Å². The minimum absolute atomic E-state index is 0. The summed E-state index contributed by atoms with van der Waals surface area (Å²) in [6, 6.07) is 0. The smallest absolute Gasteiger partial charge is 0.820 e. The van der Waals surface area contributed by atoms with Gasteiger partial charge in [-0.05, 0) is 0 Å². The molecule has 0 saturated heterocycles. The number of rotatable bonds is 1. The fourth-order valence-corrected chi connectivity index (χ4v) is 0. The summed E-state index contributed by atoms with van der Waals surface area (Å²) in [6.45, 7) is 0. The molecular weight excluding hydrogens is 130 g/mol. The van der Waals surface area contributed by atoms with Crippen molar-refractivity contribution in [2.75, 3.05) is 7.11 Å². The molecule has 0 saturated carbocycles. The van der Waals surface area contributed by atoms with Crippen LogP contribution in [0.4, 0.5) is 0 Å². The van der Waals surface area contributed by atoms with E-state index in [-0.39, 0.29) is 51.4 Å². The third-order valence-electron chi connectivity index (χ3n) is 0.149. The first kappa shape index (κ1) is 10.8. The van der Waals surface area contributed by atoms with Gasteiger partial charge in [-0.25, -0.2) is 0 Å². The summed E-state index contributed by atoms with van der Waals surface area (Å²) in [4.78, 5) is 18.4. The Hall–Kier alpha value is 1.95. The molecule has 0 amide bonds. The Morgan fingerprint density at radius 3 is 1.67 bits per heavy atom. The van der Waals surface area contributed by atoms with Crippen LogP contribution < -0.4 is 61.2 Å². The molecular formula is CH3KO3P-. The van der Waals surface area contributed by atoms with Crippen molar-refractivity contribution in [1.29, 1.82) is 0 Å². The van der Waals surface area contributed by atoms with Crippen molar-refractivity contribution in [3.8, 4) is 0 Å². The summed E-state index contributed by atoms with van der Waals surface area (Å²) in [6.07, 6.45) is 0. The monoisotopic (exact) mass is 133 g/mol. The zero-order valence-electron chi connectivity index (χ0n) is 3.67. The third kappa shape index (κ3) is 9.34. The molecule has 0 radical (unpaired) electrons. The van der Waals surface area contributed by atoms with E-state index in [2.05, 4.69) is 4.52 Å². The van der Waals surface area contributed by atoms with Gasteiger partial charge in [0.2, 0.25) is 0 Å². The molecule has 0 N–H and O–H groups in total. The molecule has 0 aliphatic heterocycles. The molecule has 0 unspecified atom stereocenters. The second-order valence-corrected chi connectivity index (χ2v) is 1.22. The van der Waals surface area contributed by atoms with Gasteiger partial charge < -0.3 is 14.3 Å². The van der Waals surface area contributed by atoms with E-state index in [1.54, 1.807) is 0 Å². The van der Waals surface area contributed by atoms with E-state index < -0.39 is 8.60 Å². The molecule has 3 nitrogen and oxygen atoms in total. The summed E-state index contributed by atoms with van der Waals surface area (Å²) in [7, 11) is -1.50. The van der Waals surface area contributed by atoms with Gasteiger partial charge in [-0.15, -0.1) is 0 Å². The van der Waals surface area contributed by atoms with Crippen LogP contribution in [0.5, 0.6) is 0 Å². The molecule has 0 aliphatic carbocycles. The average Bonchev–Trinajstić information content (AvgIpc) is 1.38. The number of hydrogen-bond acceptors (Lipinski definition) is 3. The molecule has 0 spiro atoms. The van der Waals surface area contributed by atoms with Crippen molar-refractivity contribution < 1.29 is 65.7 Å². The van der Waals surface area contributed by atoms with Crippen LogP contribution in [-0.2, 0) is 4.52 Å². The molecule has 0 rings (SSSR count). The normalized spacial score (nSPS) is 8.00. The molecule has 0 atom stereocenters. The first-order chi connectivity index (χ1) is 2.27. The van der Waals surface area contributed by atoms with Crippen LogP contribution in [0.15, 0.2) is 0 Å². The summed E-state index contributed by atoms with van der Waals surface area (Å²) in [5, 5.41) is 0. The first-order valence-electron chi connectivity index (χ1n) is 0.956. The molecule has 32 valence electrons. The molecule has 0 aliphatic rings. The fourth-order valence-electron chi connectivity index (χ4n) is 0. The van der Waals surface area contributed by atoms with E-state index in [1.165, 1.54) is 0 Å². The van der Waals surface area contributed by atoms with E-state index in [4.69, 9.17) is 0 Å². The van der Waals surface area contributed by atoms with Crippen molar-refractivity contribution in [3.05, 3.63) is 0 Å².